The van der Waals surface area contributed by atoms with Crippen molar-refractivity contribution in [3.8, 4) is 23.0 Å². The van der Waals surface area contributed by atoms with E-state index in [1.807, 2.05) is 0 Å². The van der Waals surface area contributed by atoms with Gasteiger partial charge in [0.15, 0.2) is 5.78 Å². The smallest absolute Gasteiger partial charge is 0.343 e. The fraction of sp³-hybridized carbons (Fsp3) is 0.222. The Morgan fingerprint density at radius 3 is 1.88 bits per heavy atom. The summed E-state index contributed by atoms with van der Waals surface area (Å²) in [7, 11) is 4.46. The van der Waals surface area contributed by atoms with Crippen molar-refractivity contribution in [2.45, 2.75) is 6.92 Å². The van der Waals surface area contributed by atoms with E-state index in [1.165, 1.54) is 46.5 Å². The second-order valence-corrected chi connectivity index (χ2v) is 4.91. The Kier molecular flexibility index (Phi) is 5.42. The summed E-state index contributed by atoms with van der Waals surface area (Å²) in [5, 5.41) is 0. The molecule has 0 unspecified atom stereocenters. The van der Waals surface area contributed by atoms with Gasteiger partial charge in [0, 0.05) is 12.1 Å². The van der Waals surface area contributed by atoms with Crippen molar-refractivity contribution in [2.75, 3.05) is 21.3 Å². The standard InChI is InChI=1S/C18H18O6/c1-11(19)16-6-5-13(21-2)10-17(16)24-18(20)12-7-14(22-3)9-15(8-12)23-4/h5-10H,1-4H3. The second-order valence-electron chi connectivity index (χ2n) is 4.91. The molecule has 0 saturated carbocycles. The van der Waals surface area contributed by atoms with Gasteiger partial charge in [0.1, 0.15) is 23.0 Å². The first-order valence-corrected chi connectivity index (χ1v) is 7.12. The summed E-state index contributed by atoms with van der Waals surface area (Å²) in [4.78, 5) is 24.2. The summed E-state index contributed by atoms with van der Waals surface area (Å²) in [6.45, 7) is 1.40. The summed E-state index contributed by atoms with van der Waals surface area (Å²) in [5.74, 6) is 0.670. The number of ether oxygens (including phenoxy) is 4. The third-order valence-corrected chi connectivity index (χ3v) is 3.36. The summed E-state index contributed by atoms with van der Waals surface area (Å²) in [6.07, 6.45) is 0. The maximum atomic E-state index is 12.4. The lowest BCUT2D eigenvalue weighted by Crippen LogP contribution is -2.11. The number of benzene rings is 2. The van der Waals surface area contributed by atoms with Crippen LogP contribution in [0.15, 0.2) is 36.4 Å². The first-order valence-electron chi connectivity index (χ1n) is 7.12. The number of methoxy groups -OCH3 is 3. The molecule has 0 aromatic heterocycles. The molecule has 0 N–H and O–H groups in total. The molecule has 0 saturated heterocycles. The fourth-order valence-corrected chi connectivity index (χ4v) is 2.09. The quantitative estimate of drug-likeness (QED) is 0.460. The molecule has 0 aliphatic heterocycles. The average Bonchev–Trinajstić information content (AvgIpc) is 2.60. The lowest BCUT2D eigenvalue weighted by atomic mass is 10.1. The van der Waals surface area contributed by atoms with Gasteiger partial charge in [-0.15, -0.1) is 0 Å². The van der Waals surface area contributed by atoms with Gasteiger partial charge in [-0.25, -0.2) is 4.79 Å². The van der Waals surface area contributed by atoms with Crippen LogP contribution in [0.25, 0.3) is 0 Å². The zero-order chi connectivity index (χ0) is 17.7. The monoisotopic (exact) mass is 330 g/mol. The van der Waals surface area contributed by atoms with Crippen molar-refractivity contribution in [1.82, 2.24) is 0 Å². The second kappa shape index (κ2) is 7.50. The predicted octanol–water partition coefficient (Wildman–Crippen LogP) is 3.13. The largest absolute Gasteiger partial charge is 0.497 e. The predicted molar refractivity (Wildman–Crippen MR) is 87.5 cm³/mol. The van der Waals surface area contributed by atoms with Crippen LogP contribution in [0.3, 0.4) is 0 Å². The van der Waals surface area contributed by atoms with E-state index in [1.54, 1.807) is 18.2 Å². The molecule has 2 aromatic rings. The Bertz CT molecular complexity index is 744. The highest BCUT2D eigenvalue weighted by Crippen LogP contribution is 2.28. The van der Waals surface area contributed by atoms with Gasteiger partial charge in [-0.1, -0.05) is 0 Å². The zero-order valence-corrected chi connectivity index (χ0v) is 13.9. The number of rotatable bonds is 6. The van der Waals surface area contributed by atoms with E-state index in [0.29, 0.717) is 22.8 Å². The molecule has 6 heteroatoms. The van der Waals surface area contributed by atoms with Crippen LogP contribution in [0.5, 0.6) is 23.0 Å². The summed E-state index contributed by atoms with van der Waals surface area (Å²) < 4.78 is 20.8. The molecule has 0 bridgehead atoms. The van der Waals surface area contributed by atoms with Crippen LogP contribution in [0.1, 0.15) is 27.6 Å². The molecule has 2 rings (SSSR count). The first kappa shape index (κ1) is 17.3. The van der Waals surface area contributed by atoms with Gasteiger partial charge in [-0.05, 0) is 31.2 Å². The Hall–Kier alpha value is -3.02. The van der Waals surface area contributed by atoms with Crippen LogP contribution in [0.2, 0.25) is 0 Å². The molecule has 6 nitrogen and oxygen atoms in total. The summed E-state index contributed by atoms with van der Waals surface area (Å²) in [5.41, 5.74) is 0.530. The molecule has 0 heterocycles. The van der Waals surface area contributed by atoms with Crippen LogP contribution < -0.4 is 18.9 Å². The maximum Gasteiger partial charge on any atom is 0.343 e. The number of Topliss-reactive ketones (excluding diaryl/α,β-unsaturated/α-hetero) is 1. The molecule has 0 amide bonds. The molecule has 0 aliphatic carbocycles. The van der Waals surface area contributed by atoms with E-state index >= 15 is 0 Å². The van der Waals surface area contributed by atoms with Crippen LogP contribution >= 0.6 is 0 Å². The third-order valence-electron chi connectivity index (χ3n) is 3.36. The van der Waals surface area contributed by atoms with E-state index in [0.717, 1.165) is 0 Å². The van der Waals surface area contributed by atoms with Crippen molar-refractivity contribution in [2.24, 2.45) is 0 Å². The highest BCUT2D eigenvalue weighted by atomic mass is 16.5. The normalized spacial score (nSPS) is 10.0. The number of esters is 1. The molecule has 2 aromatic carbocycles. The zero-order valence-electron chi connectivity index (χ0n) is 13.9. The highest BCUT2D eigenvalue weighted by Gasteiger charge is 2.17. The van der Waals surface area contributed by atoms with Crippen LogP contribution in [0.4, 0.5) is 0 Å². The Morgan fingerprint density at radius 2 is 1.38 bits per heavy atom. The van der Waals surface area contributed by atoms with Crippen LogP contribution in [0, 0.1) is 0 Å². The van der Waals surface area contributed by atoms with Gasteiger partial charge in [0.05, 0.1) is 32.5 Å². The van der Waals surface area contributed by atoms with Gasteiger partial charge in [-0.3, -0.25) is 4.79 Å². The average molecular weight is 330 g/mol. The summed E-state index contributed by atoms with van der Waals surface area (Å²) in [6, 6.07) is 9.37. The lowest BCUT2D eigenvalue weighted by Gasteiger charge is -2.11. The highest BCUT2D eigenvalue weighted by molar-refractivity contribution is 5.99. The minimum Gasteiger partial charge on any atom is -0.497 e. The summed E-state index contributed by atoms with van der Waals surface area (Å²) >= 11 is 0. The molecule has 126 valence electrons. The van der Waals surface area contributed by atoms with Crippen LogP contribution in [-0.4, -0.2) is 33.1 Å². The maximum absolute atomic E-state index is 12.4. The lowest BCUT2D eigenvalue weighted by molar-refractivity contribution is 0.0731. The molecular formula is C18H18O6. The minimum atomic E-state index is -0.636. The molecule has 0 atom stereocenters. The van der Waals surface area contributed by atoms with Gasteiger partial charge in [0.25, 0.3) is 0 Å². The van der Waals surface area contributed by atoms with Crippen molar-refractivity contribution in [1.29, 1.82) is 0 Å². The van der Waals surface area contributed by atoms with Crippen molar-refractivity contribution in [3.63, 3.8) is 0 Å². The Labute approximate surface area is 139 Å². The van der Waals surface area contributed by atoms with Crippen molar-refractivity contribution < 1.29 is 28.5 Å². The molecule has 0 aliphatic rings. The van der Waals surface area contributed by atoms with E-state index in [4.69, 9.17) is 18.9 Å². The van der Waals surface area contributed by atoms with Gasteiger partial charge < -0.3 is 18.9 Å². The van der Waals surface area contributed by atoms with Crippen molar-refractivity contribution in [3.05, 3.63) is 47.5 Å². The SMILES string of the molecule is COc1cc(OC)cc(C(=O)Oc2cc(OC)ccc2C(C)=O)c1. The topological polar surface area (TPSA) is 71.1 Å². The number of carbonyl (C=O) groups excluding carboxylic acids is 2. The van der Waals surface area contributed by atoms with E-state index in [2.05, 4.69) is 0 Å². The number of carbonyl (C=O) groups is 2. The first-order chi connectivity index (χ1) is 11.5. The number of hydrogen-bond acceptors (Lipinski definition) is 6. The fourth-order valence-electron chi connectivity index (χ4n) is 2.09. The molecule has 0 spiro atoms. The van der Waals surface area contributed by atoms with Gasteiger partial charge >= 0.3 is 5.97 Å². The van der Waals surface area contributed by atoms with E-state index in [-0.39, 0.29) is 17.1 Å². The van der Waals surface area contributed by atoms with Gasteiger partial charge in [0.2, 0.25) is 0 Å². The minimum absolute atomic E-state index is 0.133. The number of ketones is 1. The molecule has 24 heavy (non-hydrogen) atoms. The Morgan fingerprint density at radius 1 is 0.792 bits per heavy atom. The Balaban J connectivity index is 2.37. The molecule has 0 fully saturated rings. The van der Waals surface area contributed by atoms with E-state index < -0.39 is 5.97 Å². The van der Waals surface area contributed by atoms with Gasteiger partial charge in [-0.2, -0.15) is 0 Å². The number of hydrogen-bond donors (Lipinski definition) is 0. The van der Waals surface area contributed by atoms with Crippen LogP contribution in [-0.2, 0) is 0 Å². The van der Waals surface area contributed by atoms with E-state index in [9.17, 15) is 9.59 Å². The molecular weight excluding hydrogens is 312 g/mol. The third kappa shape index (κ3) is 3.84. The van der Waals surface area contributed by atoms with Crippen molar-refractivity contribution >= 4 is 11.8 Å². The molecule has 0 radical (unpaired) electrons.